The van der Waals surface area contributed by atoms with Gasteiger partial charge in [0.25, 0.3) is 0 Å². The molecular weight excluding hydrogens is 268 g/mol. The van der Waals surface area contributed by atoms with Gasteiger partial charge in [-0.05, 0) is 37.5 Å². The second kappa shape index (κ2) is 6.27. The lowest BCUT2D eigenvalue weighted by molar-refractivity contribution is 0.272. The first kappa shape index (κ1) is 14.9. The van der Waals surface area contributed by atoms with Gasteiger partial charge in [-0.3, -0.25) is 0 Å². The monoisotopic (exact) mass is 290 g/mol. The lowest BCUT2D eigenvalue weighted by Gasteiger charge is -2.11. The number of nitrogen functional groups attached to an aromatic ring is 1. The molecule has 2 rings (SSSR count). The van der Waals surface area contributed by atoms with E-state index in [1.807, 2.05) is 19.1 Å². The molecule has 0 bridgehead atoms. The molecule has 0 saturated carbocycles. The molecule has 0 unspecified atom stereocenters. The quantitative estimate of drug-likeness (QED) is 0.848. The number of benzene rings is 1. The average Bonchev–Trinajstić information content (AvgIpc) is 2.67. The summed E-state index contributed by atoms with van der Waals surface area (Å²) in [5, 5.41) is 1.13. The van der Waals surface area contributed by atoms with E-state index in [1.54, 1.807) is 11.3 Å². The number of nitrogens with zero attached hydrogens (tertiary/aromatic N) is 1. The van der Waals surface area contributed by atoms with Crippen molar-refractivity contribution >= 4 is 17.0 Å². The first-order valence-electron chi connectivity index (χ1n) is 6.90. The second-order valence-electron chi connectivity index (χ2n) is 5.50. The third-order valence-electron chi connectivity index (χ3n) is 3.07. The van der Waals surface area contributed by atoms with Crippen LogP contribution in [-0.2, 0) is 6.42 Å². The van der Waals surface area contributed by atoms with Gasteiger partial charge in [0, 0.05) is 11.3 Å². The Labute approximate surface area is 124 Å². The van der Waals surface area contributed by atoms with E-state index < -0.39 is 0 Å². The van der Waals surface area contributed by atoms with Crippen LogP contribution < -0.4 is 10.5 Å². The topological polar surface area (TPSA) is 48.1 Å². The number of anilines is 1. The van der Waals surface area contributed by atoms with Crippen molar-refractivity contribution in [3.63, 3.8) is 0 Å². The van der Waals surface area contributed by atoms with Crippen LogP contribution in [0.4, 0.5) is 5.69 Å². The van der Waals surface area contributed by atoms with Gasteiger partial charge < -0.3 is 10.5 Å². The fraction of sp³-hybridized carbons (Fsp3) is 0.438. The summed E-state index contributed by atoms with van der Waals surface area (Å²) in [6.07, 6.45) is 0.827. The number of hydrogen-bond acceptors (Lipinski definition) is 4. The first-order valence-corrected chi connectivity index (χ1v) is 7.71. The molecule has 0 aliphatic rings. The zero-order chi connectivity index (χ0) is 14.7. The van der Waals surface area contributed by atoms with Crippen LogP contribution in [-0.4, -0.2) is 11.6 Å². The van der Waals surface area contributed by atoms with Crippen LogP contribution in [0, 0.1) is 19.8 Å². The van der Waals surface area contributed by atoms with Crippen molar-refractivity contribution < 1.29 is 4.74 Å². The molecule has 3 nitrogen and oxygen atoms in total. The van der Waals surface area contributed by atoms with Crippen LogP contribution in [0.25, 0.3) is 0 Å². The van der Waals surface area contributed by atoms with Crippen LogP contribution in [0.2, 0.25) is 0 Å². The van der Waals surface area contributed by atoms with E-state index in [4.69, 9.17) is 10.5 Å². The van der Waals surface area contributed by atoms with Crippen molar-refractivity contribution in [1.82, 2.24) is 4.98 Å². The maximum atomic E-state index is 6.05. The number of aryl methyl sites for hydroxylation is 2. The van der Waals surface area contributed by atoms with Gasteiger partial charge in [-0.1, -0.05) is 19.9 Å². The summed E-state index contributed by atoms with van der Waals surface area (Å²) in [6.45, 7) is 9.09. The third-order valence-corrected chi connectivity index (χ3v) is 4.15. The lowest BCUT2D eigenvalue weighted by Crippen LogP contribution is -2.06. The lowest BCUT2D eigenvalue weighted by atomic mass is 10.1. The highest BCUT2D eigenvalue weighted by Crippen LogP contribution is 2.26. The Kier molecular flexibility index (Phi) is 4.65. The minimum atomic E-state index is 0.496. The Morgan fingerprint density at radius 1 is 1.30 bits per heavy atom. The summed E-state index contributed by atoms with van der Waals surface area (Å²) in [5.41, 5.74) is 9.05. The molecular formula is C16H22N2OS. The van der Waals surface area contributed by atoms with Crippen LogP contribution in [0.3, 0.4) is 0 Å². The highest BCUT2D eigenvalue weighted by molar-refractivity contribution is 7.11. The van der Waals surface area contributed by atoms with Gasteiger partial charge in [-0.15, -0.1) is 11.3 Å². The fourth-order valence-electron chi connectivity index (χ4n) is 1.89. The molecule has 0 radical (unpaired) electrons. The summed E-state index contributed by atoms with van der Waals surface area (Å²) in [4.78, 5) is 5.85. The van der Waals surface area contributed by atoms with Gasteiger partial charge in [0.15, 0.2) is 0 Å². The molecule has 2 N–H and O–H groups in total. The molecule has 108 valence electrons. The first-order chi connectivity index (χ1) is 9.45. The molecule has 0 aliphatic heterocycles. The van der Waals surface area contributed by atoms with E-state index in [0.29, 0.717) is 18.2 Å². The largest absolute Gasteiger partial charge is 0.491 e. The van der Waals surface area contributed by atoms with Crippen molar-refractivity contribution in [2.75, 3.05) is 12.3 Å². The number of nitrogens with two attached hydrogens (primary N) is 1. The predicted molar refractivity (Wildman–Crippen MR) is 85.6 cm³/mol. The molecule has 0 saturated heterocycles. The van der Waals surface area contributed by atoms with Crippen LogP contribution >= 0.6 is 11.3 Å². The predicted octanol–water partition coefficient (Wildman–Crippen LogP) is 3.97. The SMILES string of the molecule is Cc1nc(Cc2ccc(OCC(C)C)c(N)c2)sc1C. The maximum absolute atomic E-state index is 6.05. The standard InChI is InChI=1S/C16H22N2OS/c1-10(2)9-19-15-6-5-13(7-14(15)17)8-16-18-11(3)12(4)20-16/h5-7,10H,8-9,17H2,1-4H3. The summed E-state index contributed by atoms with van der Waals surface area (Å²) >= 11 is 1.75. The van der Waals surface area contributed by atoms with E-state index in [2.05, 4.69) is 31.8 Å². The van der Waals surface area contributed by atoms with Gasteiger partial charge >= 0.3 is 0 Å². The highest BCUT2D eigenvalue weighted by Gasteiger charge is 2.07. The van der Waals surface area contributed by atoms with Gasteiger partial charge in [0.2, 0.25) is 0 Å². The maximum Gasteiger partial charge on any atom is 0.142 e. The van der Waals surface area contributed by atoms with Gasteiger partial charge in [-0.2, -0.15) is 0 Å². The Morgan fingerprint density at radius 3 is 2.60 bits per heavy atom. The molecule has 1 heterocycles. The average molecular weight is 290 g/mol. The normalized spacial score (nSPS) is 11.1. The fourth-order valence-corrected chi connectivity index (χ4v) is 2.85. The van der Waals surface area contributed by atoms with E-state index >= 15 is 0 Å². The molecule has 0 fully saturated rings. The summed E-state index contributed by atoms with van der Waals surface area (Å²) in [5.74, 6) is 1.27. The zero-order valence-electron chi connectivity index (χ0n) is 12.6. The van der Waals surface area contributed by atoms with E-state index in [1.165, 1.54) is 10.4 Å². The number of aromatic nitrogens is 1. The van der Waals surface area contributed by atoms with E-state index in [9.17, 15) is 0 Å². The van der Waals surface area contributed by atoms with Crippen molar-refractivity contribution in [2.45, 2.75) is 34.1 Å². The second-order valence-corrected chi connectivity index (χ2v) is 6.79. The van der Waals surface area contributed by atoms with Crippen LogP contribution in [0.15, 0.2) is 18.2 Å². The van der Waals surface area contributed by atoms with Crippen molar-refractivity contribution in [3.8, 4) is 5.75 Å². The summed E-state index contributed by atoms with van der Waals surface area (Å²) in [6, 6.07) is 6.01. The number of rotatable bonds is 5. The summed E-state index contributed by atoms with van der Waals surface area (Å²) in [7, 11) is 0. The molecule has 1 aromatic heterocycles. The Hall–Kier alpha value is -1.55. The number of hydrogen-bond donors (Lipinski definition) is 1. The third kappa shape index (κ3) is 3.73. The molecule has 1 aromatic carbocycles. The molecule has 0 spiro atoms. The number of thiazole rings is 1. The van der Waals surface area contributed by atoms with Crippen LogP contribution in [0.1, 0.15) is 35.0 Å². The smallest absolute Gasteiger partial charge is 0.142 e. The van der Waals surface area contributed by atoms with Crippen molar-refractivity contribution in [2.24, 2.45) is 5.92 Å². The Bertz CT molecular complexity index is 571. The zero-order valence-corrected chi connectivity index (χ0v) is 13.4. The minimum absolute atomic E-state index is 0.496. The van der Waals surface area contributed by atoms with Gasteiger partial charge in [0.1, 0.15) is 5.75 Å². The Balaban J connectivity index is 2.08. The number of ether oxygens (including phenoxy) is 1. The van der Waals surface area contributed by atoms with Crippen LogP contribution in [0.5, 0.6) is 5.75 Å². The summed E-state index contributed by atoms with van der Waals surface area (Å²) < 4.78 is 5.69. The van der Waals surface area contributed by atoms with Crippen molar-refractivity contribution in [3.05, 3.63) is 39.3 Å². The Morgan fingerprint density at radius 2 is 2.05 bits per heavy atom. The highest BCUT2D eigenvalue weighted by atomic mass is 32.1. The molecule has 2 aromatic rings. The molecule has 20 heavy (non-hydrogen) atoms. The van der Waals surface area contributed by atoms with Gasteiger partial charge in [0.05, 0.1) is 23.0 Å². The molecule has 0 atom stereocenters. The molecule has 0 amide bonds. The molecule has 4 heteroatoms. The van der Waals surface area contributed by atoms with E-state index in [-0.39, 0.29) is 0 Å². The van der Waals surface area contributed by atoms with Crippen molar-refractivity contribution in [1.29, 1.82) is 0 Å². The molecule has 0 aliphatic carbocycles. The van der Waals surface area contributed by atoms with E-state index in [0.717, 1.165) is 22.9 Å². The van der Waals surface area contributed by atoms with Gasteiger partial charge in [-0.25, -0.2) is 4.98 Å². The minimum Gasteiger partial charge on any atom is -0.491 e.